The Balaban J connectivity index is 1.57. The van der Waals surface area contributed by atoms with E-state index in [1.165, 1.54) is 21.8 Å². The van der Waals surface area contributed by atoms with E-state index in [2.05, 4.69) is 25.9 Å². The Labute approximate surface area is 187 Å². The molecule has 0 aliphatic carbocycles. The van der Waals surface area contributed by atoms with Gasteiger partial charge < -0.3 is 5.32 Å². The Hall–Kier alpha value is -4.02. The van der Waals surface area contributed by atoms with Crippen LogP contribution in [0.1, 0.15) is 28.1 Å². The van der Waals surface area contributed by atoms with Crippen molar-refractivity contribution in [1.82, 2.24) is 30.0 Å². The Morgan fingerprint density at radius 2 is 1.85 bits per heavy atom. The van der Waals surface area contributed by atoms with Gasteiger partial charge >= 0.3 is 6.18 Å². The molecule has 0 aliphatic heterocycles. The first kappa shape index (κ1) is 22.2. The van der Waals surface area contributed by atoms with Gasteiger partial charge in [-0.15, -0.1) is 5.10 Å². The zero-order valence-electron chi connectivity index (χ0n) is 18.1. The summed E-state index contributed by atoms with van der Waals surface area (Å²) in [5.74, 6) is -0.276. The molecule has 0 bridgehead atoms. The smallest absolute Gasteiger partial charge is 0.325 e. The van der Waals surface area contributed by atoms with Crippen LogP contribution in [0.3, 0.4) is 0 Å². The van der Waals surface area contributed by atoms with Crippen molar-refractivity contribution in [3.63, 3.8) is 0 Å². The van der Waals surface area contributed by atoms with E-state index in [1.54, 1.807) is 26.0 Å². The van der Waals surface area contributed by atoms with Crippen LogP contribution in [0, 0.1) is 20.8 Å². The molecule has 11 heteroatoms. The van der Waals surface area contributed by atoms with Crippen molar-refractivity contribution in [2.45, 2.75) is 33.4 Å². The maximum atomic E-state index is 13.1. The molecule has 8 nitrogen and oxygen atoms in total. The molecule has 170 valence electrons. The number of aryl methyl sites for hydroxylation is 2. The van der Waals surface area contributed by atoms with Crippen molar-refractivity contribution in [1.29, 1.82) is 0 Å². The van der Waals surface area contributed by atoms with Crippen LogP contribution < -0.4 is 5.32 Å². The van der Waals surface area contributed by atoms with Gasteiger partial charge in [-0.2, -0.15) is 18.3 Å². The fourth-order valence-electron chi connectivity index (χ4n) is 3.52. The van der Waals surface area contributed by atoms with Crippen molar-refractivity contribution < 1.29 is 18.0 Å². The summed E-state index contributed by atoms with van der Waals surface area (Å²) in [6.07, 6.45) is -2.99. The highest BCUT2D eigenvalue weighted by molar-refractivity contribution is 5.93. The number of nitrogens with one attached hydrogen (secondary N) is 1. The third-order valence-electron chi connectivity index (χ3n) is 5.31. The number of anilines is 1. The van der Waals surface area contributed by atoms with Crippen molar-refractivity contribution in [2.24, 2.45) is 0 Å². The number of amides is 1. The second-order valence-corrected chi connectivity index (χ2v) is 7.59. The van der Waals surface area contributed by atoms with Crippen LogP contribution in [0.25, 0.3) is 11.4 Å². The standard InChI is InChI=1S/C22H20F3N7O/c1-13-7-8-17(31-12-26-29-30-31)10-20(13)27-21(33)11-19-14(2)28-32(15(19)3)18-6-4-5-16(9-18)22(23,24)25/h4-10,12H,11H2,1-3H3,(H,27,33). The van der Waals surface area contributed by atoms with Gasteiger partial charge in [-0.25, -0.2) is 9.36 Å². The second kappa shape index (κ2) is 8.49. The molecule has 0 fully saturated rings. The van der Waals surface area contributed by atoms with Gasteiger partial charge in [-0.3, -0.25) is 4.79 Å². The van der Waals surface area contributed by atoms with Gasteiger partial charge in [0.1, 0.15) is 6.33 Å². The minimum Gasteiger partial charge on any atom is -0.325 e. The first-order chi connectivity index (χ1) is 15.6. The molecule has 1 N–H and O–H groups in total. The number of halogens is 3. The summed E-state index contributed by atoms with van der Waals surface area (Å²) in [5.41, 5.74) is 3.49. The third kappa shape index (κ3) is 4.61. The monoisotopic (exact) mass is 455 g/mol. The Bertz CT molecular complexity index is 1310. The summed E-state index contributed by atoms with van der Waals surface area (Å²) in [6.45, 7) is 5.32. The molecular formula is C22H20F3N7O. The summed E-state index contributed by atoms with van der Waals surface area (Å²) in [6, 6.07) is 10.4. The van der Waals surface area contributed by atoms with E-state index in [-0.39, 0.29) is 18.0 Å². The van der Waals surface area contributed by atoms with Crippen molar-refractivity contribution >= 4 is 11.6 Å². The van der Waals surface area contributed by atoms with Crippen LogP contribution in [0.4, 0.5) is 18.9 Å². The summed E-state index contributed by atoms with van der Waals surface area (Å²) in [5, 5.41) is 18.3. The molecule has 0 saturated carbocycles. The number of aromatic nitrogens is 6. The van der Waals surface area contributed by atoms with E-state index in [4.69, 9.17) is 0 Å². The zero-order chi connectivity index (χ0) is 23.8. The van der Waals surface area contributed by atoms with Crippen LogP contribution in [-0.4, -0.2) is 35.9 Å². The van der Waals surface area contributed by atoms with Gasteiger partial charge in [-0.1, -0.05) is 12.1 Å². The molecule has 4 rings (SSSR count). The number of nitrogens with zero attached hydrogens (tertiary/aromatic N) is 6. The van der Waals surface area contributed by atoms with E-state index in [0.717, 1.165) is 17.7 Å². The largest absolute Gasteiger partial charge is 0.416 e. The SMILES string of the molecule is Cc1ccc(-n2cnnn2)cc1NC(=O)Cc1c(C)nn(-c2cccc(C(F)(F)F)c2)c1C. The average Bonchev–Trinajstić information content (AvgIpc) is 3.39. The van der Waals surface area contributed by atoms with E-state index in [9.17, 15) is 18.0 Å². The van der Waals surface area contributed by atoms with Crippen LogP contribution in [-0.2, 0) is 17.4 Å². The van der Waals surface area contributed by atoms with E-state index >= 15 is 0 Å². The first-order valence-electron chi connectivity index (χ1n) is 10.00. The van der Waals surface area contributed by atoms with E-state index in [1.807, 2.05) is 19.1 Å². The molecule has 0 aliphatic rings. The molecule has 0 unspecified atom stereocenters. The number of carbonyl (C=O) groups excluding carboxylic acids is 1. The molecule has 0 atom stereocenters. The van der Waals surface area contributed by atoms with Crippen molar-refractivity contribution in [3.8, 4) is 11.4 Å². The lowest BCUT2D eigenvalue weighted by molar-refractivity contribution is -0.137. The van der Waals surface area contributed by atoms with Gasteiger partial charge in [0.15, 0.2) is 0 Å². The van der Waals surface area contributed by atoms with Gasteiger partial charge in [0.05, 0.1) is 29.1 Å². The molecule has 0 saturated heterocycles. The summed E-state index contributed by atoms with van der Waals surface area (Å²) >= 11 is 0. The van der Waals surface area contributed by atoms with Crippen LogP contribution in [0.2, 0.25) is 0 Å². The Morgan fingerprint density at radius 3 is 2.55 bits per heavy atom. The molecule has 2 aromatic carbocycles. The number of rotatable bonds is 5. The summed E-state index contributed by atoms with van der Waals surface area (Å²) in [7, 11) is 0. The van der Waals surface area contributed by atoms with E-state index < -0.39 is 11.7 Å². The maximum absolute atomic E-state index is 13.1. The minimum atomic E-state index is -4.45. The number of benzene rings is 2. The third-order valence-corrected chi connectivity index (χ3v) is 5.31. The fourth-order valence-corrected chi connectivity index (χ4v) is 3.52. The summed E-state index contributed by atoms with van der Waals surface area (Å²) < 4.78 is 42.2. The molecule has 4 aromatic rings. The van der Waals surface area contributed by atoms with Gasteiger partial charge in [-0.05, 0) is 67.1 Å². The van der Waals surface area contributed by atoms with Gasteiger partial charge in [0.25, 0.3) is 0 Å². The fraction of sp³-hybridized carbons (Fsp3) is 0.227. The molecule has 2 heterocycles. The predicted molar refractivity (Wildman–Crippen MR) is 114 cm³/mol. The Kier molecular flexibility index (Phi) is 5.71. The number of hydrogen-bond donors (Lipinski definition) is 1. The van der Waals surface area contributed by atoms with Crippen molar-refractivity contribution in [3.05, 3.63) is 76.9 Å². The minimum absolute atomic E-state index is 0.0190. The molecule has 0 radical (unpaired) electrons. The lowest BCUT2D eigenvalue weighted by atomic mass is 10.1. The molecule has 2 aromatic heterocycles. The zero-order valence-corrected chi connectivity index (χ0v) is 18.1. The quantitative estimate of drug-likeness (QED) is 0.492. The molecule has 33 heavy (non-hydrogen) atoms. The Morgan fingerprint density at radius 1 is 1.06 bits per heavy atom. The van der Waals surface area contributed by atoms with Gasteiger partial charge in [0, 0.05) is 16.9 Å². The van der Waals surface area contributed by atoms with Crippen LogP contribution in [0.15, 0.2) is 48.8 Å². The topological polar surface area (TPSA) is 90.5 Å². The number of alkyl halides is 3. The van der Waals surface area contributed by atoms with Crippen molar-refractivity contribution in [2.75, 3.05) is 5.32 Å². The maximum Gasteiger partial charge on any atom is 0.416 e. The average molecular weight is 455 g/mol. The second-order valence-electron chi connectivity index (χ2n) is 7.59. The predicted octanol–water partition coefficient (Wildman–Crippen LogP) is 3.97. The first-order valence-corrected chi connectivity index (χ1v) is 10.00. The van der Waals surface area contributed by atoms with Crippen LogP contribution >= 0.6 is 0 Å². The normalized spacial score (nSPS) is 11.6. The number of tetrazole rings is 1. The lowest BCUT2D eigenvalue weighted by Gasteiger charge is -2.11. The van der Waals surface area contributed by atoms with Gasteiger partial charge in [0.2, 0.25) is 5.91 Å². The highest BCUT2D eigenvalue weighted by Crippen LogP contribution is 2.31. The molecular weight excluding hydrogens is 435 g/mol. The highest BCUT2D eigenvalue weighted by atomic mass is 19.4. The highest BCUT2D eigenvalue weighted by Gasteiger charge is 2.30. The molecule has 1 amide bonds. The van der Waals surface area contributed by atoms with E-state index in [0.29, 0.717) is 28.3 Å². The molecule has 0 spiro atoms. The number of hydrogen-bond acceptors (Lipinski definition) is 5. The van der Waals surface area contributed by atoms with Crippen LogP contribution in [0.5, 0.6) is 0 Å². The summed E-state index contributed by atoms with van der Waals surface area (Å²) in [4.78, 5) is 12.8. The number of carbonyl (C=O) groups is 1. The lowest BCUT2D eigenvalue weighted by Crippen LogP contribution is -2.16.